The monoisotopic (exact) mass is 437 g/mol. The zero-order chi connectivity index (χ0) is 14.6. The SMILES string of the molecule is CC(C)CN(CC(C)C)C(=O)c1cc(I)ccc1Br. The number of nitrogens with zero attached hydrogens (tertiary/aromatic N) is 1. The van der Waals surface area contributed by atoms with E-state index in [9.17, 15) is 4.79 Å². The second-order valence-corrected chi connectivity index (χ2v) is 7.72. The highest BCUT2D eigenvalue weighted by Gasteiger charge is 2.20. The Morgan fingerprint density at radius 3 is 2.21 bits per heavy atom. The molecule has 0 aliphatic carbocycles. The molecule has 0 fully saturated rings. The molecule has 0 bridgehead atoms. The van der Waals surface area contributed by atoms with E-state index in [1.807, 2.05) is 23.1 Å². The van der Waals surface area contributed by atoms with Crippen LogP contribution in [0.15, 0.2) is 22.7 Å². The lowest BCUT2D eigenvalue weighted by molar-refractivity contribution is 0.0714. The Labute approximate surface area is 138 Å². The molecule has 0 radical (unpaired) electrons. The fourth-order valence-corrected chi connectivity index (χ4v) is 2.86. The van der Waals surface area contributed by atoms with E-state index in [4.69, 9.17) is 0 Å². The van der Waals surface area contributed by atoms with Crippen molar-refractivity contribution in [3.05, 3.63) is 31.8 Å². The molecule has 0 aliphatic rings. The van der Waals surface area contributed by atoms with Gasteiger partial charge in [-0.05, 0) is 68.6 Å². The van der Waals surface area contributed by atoms with Gasteiger partial charge in [-0.15, -0.1) is 0 Å². The third-order valence-electron chi connectivity index (χ3n) is 2.62. The van der Waals surface area contributed by atoms with Gasteiger partial charge in [0.05, 0.1) is 5.56 Å². The van der Waals surface area contributed by atoms with Crippen LogP contribution in [0.2, 0.25) is 0 Å². The van der Waals surface area contributed by atoms with Crippen molar-refractivity contribution in [2.75, 3.05) is 13.1 Å². The standard InChI is InChI=1S/C15H21BrINO/c1-10(2)8-18(9-11(3)4)15(19)13-7-12(17)5-6-14(13)16/h5-7,10-11H,8-9H2,1-4H3. The minimum Gasteiger partial charge on any atom is -0.338 e. The summed E-state index contributed by atoms with van der Waals surface area (Å²) in [5.41, 5.74) is 0.758. The van der Waals surface area contributed by atoms with Crippen molar-refractivity contribution in [2.45, 2.75) is 27.7 Å². The van der Waals surface area contributed by atoms with Crippen LogP contribution in [0.3, 0.4) is 0 Å². The molecule has 0 aromatic heterocycles. The number of hydrogen-bond donors (Lipinski definition) is 0. The lowest BCUT2D eigenvalue weighted by atomic mass is 10.1. The first kappa shape index (κ1) is 17.0. The summed E-state index contributed by atoms with van der Waals surface area (Å²) in [6, 6.07) is 5.88. The highest BCUT2D eigenvalue weighted by atomic mass is 127. The van der Waals surface area contributed by atoms with Crippen molar-refractivity contribution in [3.63, 3.8) is 0 Å². The summed E-state index contributed by atoms with van der Waals surface area (Å²) in [5.74, 6) is 1.07. The lowest BCUT2D eigenvalue weighted by Gasteiger charge is -2.27. The van der Waals surface area contributed by atoms with Gasteiger partial charge in [0.15, 0.2) is 0 Å². The average molecular weight is 438 g/mol. The summed E-state index contributed by atoms with van der Waals surface area (Å²) >= 11 is 5.72. The largest absolute Gasteiger partial charge is 0.338 e. The van der Waals surface area contributed by atoms with Gasteiger partial charge in [-0.3, -0.25) is 4.79 Å². The zero-order valence-corrected chi connectivity index (χ0v) is 15.7. The number of rotatable bonds is 5. The first-order valence-corrected chi connectivity index (χ1v) is 8.42. The van der Waals surface area contributed by atoms with E-state index >= 15 is 0 Å². The molecule has 0 heterocycles. The molecule has 0 aliphatic heterocycles. The molecule has 1 amide bonds. The van der Waals surface area contributed by atoms with E-state index in [0.29, 0.717) is 11.8 Å². The minimum absolute atomic E-state index is 0.118. The second-order valence-electron chi connectivity index (χ2n) is 5.62. The average Bonchev–Trinajstić information content (AvgIpc) is 2.29. The molecule has 0 atom stereocenters. The van der Waals surface area contributed by atoms with E-state index in [1.54, 1.807) is 0 Å². The predicted octanol–water partition coefficient (Wildman–Crippen LogP) is 4.81. The summed E-state index contributed by atoms with van der Waals surface area (Å²) < 4.78 is 1.95. The van der Waals surface area contributed by atoms with Gasteiger partial charge in [0.25, 0.3) is 5.91 Å². The van der Waals surface area contributed by atoms with Crippen molar-refractivity contribution in [2.24, 2.45) is 11.8 Å². The van der Waals surface area contributed by atoms with Crippen LogP contribution in [-0.2, 0) is 0 Å². The number of carbonyl (C=O) groups is 1. The third kappa shape index (κ3) is 5.42. The predicted molar refractivity (Wildman–Crippen MR) is 92.4 cm³/mol. The number of carbonyl (C=O) groups excluding carboxylic acids is 1. The fraction of sp³-hybridized carbons (Fsp3) is 0.533. The van der Waals surface area contributed by atoms with Gasteiger partial charge in [-0.25, -0.2) is 0 Å². The smallest absolute Gasteiger partial charge is 0.255 e. The maximum atomic E-state index is 12.7. The summed E-state index contributed by atoms with van der Waals surface area (Å²) in [6.07, 6.45) is 0. The minimum atomic E-state index is 0.118. The Morgan fingerprint density at radius 2 is 1.74 bits per heavy atom. The molecule has 1 rings (SSSR count). The highest BCUT2D eigenvalue weighted by molar-refractivity contribution is 14.1. The molecular weight excluding hydrogens is 417 g/mol. The fourth-order valence-electron chi connectivity index (χ4n) is 1.95. The van der Waals surface area contributed by atoms with Crippen LogP contribution in [-0.4, -0.2) is 23.9 Å². The summed E-state index contributed by atoms with van der Waals surface area (Å²) in [4.78, 5) is 14.6. The molecule has 0 spiro atoms. The van der Waals surface area contributed by atoms with Gasteiger partial charge in [-0.2, -0.15) is 0 Å². The summed E-state index contributed by atoms with van der Waals surface area (Å²) in [7, 11) is 0. The molecule has 2 nitrogen and oxygen atoms in total. The number of amides is 1. The highest BCUT2D eigenvalue weighted by Crippen LogP contribution is 2.22. The van der Waals surface area contributed by atoms with Gasteiger partial charge in [-0.1, -0.05) is 27.7 Å². The topological polar surface area (TPSA) is 20.3 Å². The maximum absolute atomic E-state index is 12.7. The molecule has 4 heteroatoms. The van der Waals surface area contributed by atoms with Crippen LogP contribution >= 0.6 is 38.5 Å². The van der Waals surface area contributed by atoms with Gasteiger partial charge >= 0.3 is 0 Å². The summed E-state index contributed by atoms with van der Waals surface area (Å²) in [5, 5.41) is 0. The van der Waals surface area contributed by atoms with Gasteiger partial charge < -0.3 is 4.90 Å². The van der Waals surface area contributed by atoms with Crippen molar-refractivity contribution in [3.8, 4) is 0 Å². The molecular formula is C15H21BrINO. The van der Waals surface area contributed by atoms with E-state index in [2.05, 4.69) is 66.2 Å². The first-order valence-electron chi connectivity index (χ1n) is 6.55. The molecule has 1 aromatic carbocycles. The molecule has 0 saturated heterocycles. The number of benzene rings is 1. The summed E-state index contributed by atoms with van der Waals surface area (Å²) in [6.45, 7) is 10.2. The Hall–Kier alpha value is -0.100. The Bertz CT molecular complexity index is 436. The maximum Gasteiger partial charge on any atom is 0.255 e. The number of halogens is 2. The van der Waals surface area contributed by atoms with Gasteiger partial charge in [0, 0.05) is 21.1 Å². The Balaban J connectivity index is 3.00. The van der Waals surface area contributed by atoms with Crippen LogP contribution in [0.1, 0.15) is 38.1 Å². The third-order valence-corrected chi connectivity index (χ3v) is 3.98. The van der Waals surface area contributed by atoms with Crippen LogP contribution in [0.5, 0.6) is 0 Å². The Kier molecular flexibility index (Phi) is 6.80. The molecule has 0 saturated carbocycles. The molecule has 106 valence electrons. The van der Waals surface area contributed by atoms with Crippen LogP contribution in [0.25, 0.3) is 0 Å². The van der Waals surface area contributed by atoms with Crippen molar-refractivity contribution in [1.29, 1.82) is 0 Å². The van der Waals surface area contributed by atoms with E-state index in [0.717, 1.165) is 26.7 Å². The van der Waals surface area contributed by atoms with E-state index in [-0.39, 0.29) is 5.91 Å². The van der Waals surface area contributed by atoms with Crippen molar-refractivity contribution >= 4 is 44.4 Å². The van der Waals surface area contributed by atoms with E-state index in [1.165, 1.54) is 0 Å². The molecule has 1 aromatic rings. The van der Waals surface area contributed by atoms with E-state index < -0.39 is 0 Å². The first-order chi connectivity index (χ1) is 8.81. The Morgan fingerprint density at radius 1 is 1.21 bits per heavy atom. The van der Waals surface area contributed by atoms with Crippen LogP contribution in [0, 0.1) is 15.4 Å². The lowest BCUT2D eigenvalue weighted by Crippen LogP contribution is -2.37. The van der Waals surface area contributed by atoms with Gasteiger partial charge in [0.1, 0.15) is 0 Å². The molecule has 0 N–H and O–H groups in total. The van der Waals surface area contributed by atoms with Crippen molar-refractivity contribution < 1.29 is 4.79 Å². The molecule has 0 unspecified atom stereocenters. The molecule has 19 heavy (non-hydrogen) atoms. The second kappa shape index (κ2) is 7.62. The van der Waals surface area contributed by atoms with Crippen LogP contribution in [0.4, 0.5) is 0 Å². The van der Waals surface area contributed by atoms with Crippen LogP contribution < -0.4 is 0 Å². The zero-order valence-electron chi connectivity index (χ0n) is 11.9. The quantitative estimate of drug-likeness (QED) is 0.605. The van der Waals surface area contributed by atoms with Crippen molar-refractivity contribution in [1.82, 2.24) is 4.90 Å². The normalized spacial score (nSPS) is 11.2. The van der Waals surface area contributed by atoms with Gasteiger partial charge in [0.2, 0.25) is 0 Å². The number of hydrogen-bond acceptors (Lipinski definition) is 1.